The Morgan fingerprint density at radius 3 is 2.17 bits per heavy atom. The summed E-state index contributed by atoms with van der Waals surface area (Å²) in [7, 11) is 0. The van der Waals surface area contributed by atoms with Gasteiger partial charge in [-0.25, -0.2) is 0 Å². The van der Waals surface area contributed by atoms with Crippen molar-refractivity contribution in [3.05, 3.63) is 0 Å². The highest BCUT2D eigenvalue weighted by Crippen LogP contribution is 2.38. The lowest BCUT2D eigenvalue weighted by Gasteiger charge is -2.45. The SMILES string of the molecule is CC1CCC(CNC(C)(C)C)(OC2CCC2)CC1. The Balaban J connectivity index is 1.92. The van der Waals surface area contributed by atoms with Gasteiger partial charge in [0.15, 0.2) is 0 Å². The zero-order chi connectivity index (χ0) is 13.2. The van der Waals surface area contributed by atoms with Gasteiger partial charge in [0.25, 0.3) is 0 Å². The van der Waals surface area contributed by atoms with E-state index in [1.807, 2.05) is 0 Å². The predicted octanol–water partition coefficient (Wildman–Crippen LogP) is 3.89. The lowest BCUT2D eigenvalue weighted by atomic mass is 9.78. The number of hydrogen-bond acceptors (Lipinski definition) is 2. The molecule has 2 saturated carbocycles. The molecule has 0 aliphatic heterocycles. The molecule has 2 fully saturated rings. The molecule has 0 saturated heterocycles. The largest absolute Gasteiger partial charge is 0.370 e. The van der Waals surface area contributed by atoms with E-state index in [9.17, 15) is 0 Å². The Labute approximate surface area is 113 Å². The van der Waals surface area contributed by atoms with Crippen LogP contribution >= 0.6 is 0 Å². The van der Waals surface area contributed by atoms with Crippen LogP contribution in [-0.2, 0) is 4.74 Å². The zero-order valence-electron chi connectivity index (χ0n) is 12.7. The molecular weight excluding hydrogens is 222 g/mol. The maximum atomic E-state index is 6.50. The van der Waals surface area contributed by atoms with Gasteiger partial charge in [0, 0.05) is 12.1 Å². The maximum Gasteiger partial charge on any atom is 0.0810 e. The Morgan fingerprint density at radius 1 is 1.11 bits per heavy atom. The van der Waals surface area contributed by atoms with Crippen LogP contribution in [0.25, 0.3) is 0 Å². The molecule has 2 heteroatoms. The average molecular weight is 253 g/mol. The van der Waals surface area contributed by atoms with Gasteiger partial charge in [-0.2, -0.15) is 0 Å². The third-order valence-corrected chi connectivity index (χ3v) is 4.60. The first-order valence-electron chi connectivity index (χ1n) is 7.81. The zero-order valence-corrected chi connectivity index (χ0v) is 12.7. The smallest absolute Gasteiger partial charge is 0.0810 e. The summed E-state index contributed by atoms with van der Waals surface area (Å²) in [6.07, 6.45) is 9.64. The van der Waals surface area contributed by atoms with Crippen LogP contribution in [0.4, 0.5) is 0 Å². The van der Waals surface area contributed by atoms with E-state index >= 15 is 0 Å². The molecule has 18 heavy (non-hydrogen) atoms. The van der Waals surface area contributed by atoms with Crippen LogP contribution < -0.4 is 5.32 Å². The molecule has 2 nitrogen and oxygen atoms in total. The van der Waals surface area contributed by atoms with Crippen molar-refractivity contribution < 1.29 is 4.74 Å². The van der Waals surface area contributed by atoms with Crippen LogP contribution in [0.5, 0.6) is 0 Å². The summed E-state index contributed by atoms with van der Waals surface area (Å²) >= 11 is 0. The normalized spacial score (nSPS) is 34.3. The Hall–Kier alpha value is -0.0800. The third kappa shape index (κ3) is 3.96. The molecule has 0 spiro atoms. The van der Waals surface area contributed by atoms with Gasteiger partial charge >= 0.3 is 0 Å². The van der Waals surface area contributed by atoms with E-state index in [1.54, 1.807) is 0 Å². The van der Waals surface area contributed by atoms with E-state index in [-0.39, 0.29) is 11.1 Å². The molecule has 2 aliphatic rings. The monoisotopic (exact) mass is 253 g/mol. The van der Waals surface area contributed by atoms with E-state index in [4.69, 9.17) is 4.74 Å². The first kappa shape index (κ1) is 14.3. The molecule has 1 N–H and O–H groups in total. The molecule has 0 aromatic heterocycles. The average Bonchev–Trinajstić information content (AvgIpc) is 2.24. The quantitative estimate of drug-likeness (QED) is 0.820. The number of rotatable bonds is 4. The second kappa shape index (κ2) is 5.50. The third-order valence-electron chi connectivity index (χ3n) is 4.60. The van der Waals surface area contributed by atoms with Crippen LogP contribution in [0.2, 0.25) is 0 Å². The summed E-state index contributed by atoms with van der Waals surface area (Å²) in [5, 5.41) is 3.68. The molecule has 0 unspecified atom stereocenters. The predicted molar refractivity (Wildman–Crippen MR) is 76.8 cm³/mol. The van der Waals surface area contributed by atoms with Gasteiger partial charge in [-0.05, 0) is 71.6 Å². The summed E-state index contributed by atoms with van der Waals surface area (Å²) in [4.78, 5) is 0. The van der Waals surface area contributed by atoms with Crippen molar-refractivity contribution in [2.24, 2.45) is 5.92 Å². The van der Waals surface area contributed by atoms with Crippen molar-refractivity contribution in [1.29, 1.82) is 0 Å². The van der Waals surface area contributed by atoms with Gasteiger partial charge in [0.05, 0.1) is 11.7 Å². The summed E-state index contributed by atoms with van der Waals surface area (Å²) in [6.45, 7) is 10.1. The van der Waals surface area contributed by atoms with Crippen molar-refractivity contribution in [1.82, 2.24) is 5.32 Å². The minimum absolute atomic E-state index is 0.130. The van der Waals surface area contributed by atoms with E-state index < -0.39 is 0 Å². The molecule has 0 amide bonds. The Bertz CT molecular complexity index is 257. The van der Waals surface area contributed by atoms with Gasteiger partial charge in [0.2, 0.25) is 0 Å². The molecule has 106 valence electrons. The molecule has 0 bridgehead atoms. The van der Waals surface area contributed by atoms with E-state index in [0.717, 1.165) is 12.5 Å². The van der Waals surface area contributed by atoms with Crippen molar-refractivity contribution >= 4 is 0 Å². The summed E-state index contributed by atoms with van der Waals surface area (Å²) in [6, 6.07) is 0. The van der Waals surface area contributed by atoms with E-state index in [1.165, 1.54) is 44.9 Å². The van der Waals surface area contributed by atoms with Crippen molar-refractivity contribution in [3.63, 3.8) is 0 Å². The van der Waals surface area contributed by atoms with Gasteiger partial charge < -0.3 is 10.1 Å². The molecule has 0 aromatic rings. The van der Waals surface area contributed by atoms with Crippen LogP contribution in [0.15, 0.2) is 0 Å². The Morgan fingerprint density at radius 2 is 1.72 bits per heavy atom. The van der Waals surface area contributed by atoms with Crippen LogP contribution in [0, 0.1) is 5.92 Å². The summed E-state index contributed by atoms with van der Waals surface area (Å²) in [5.41, 5.74) is 0.323. The molecule has 0 aromatic carbocycles. The summed E-state index contributed by atoms with van der Waals surface area (Å²) < 4.78 is 6.50. The van der Waals surface area contributed by atoms with E-state index in [2.05, 4.69) is 33.0 Å². The van der Waals surface area contributed by atoms with Gasteiger partial charge in [-0.15, -0.1) is 0 Å². The standard InChI is InChI=1S/C16H31NO/c1-13-8-10-16(11-9-13,12-17-15(2,3)4)18-14-6-5-7-14/h13-14,17H,5-12H2,1-4H3. The fourth-order valence-electron chi connectivity index (χ4n) is 2.89. The molecule has 0 radical (unpaired) electrons. The van der Waals surface area contributed by atoms with Gasteiger partial charge in [-0.1, -0.05) is 6.92 Å². The van der Waals surface area contributed by atoms with Crippen LogP contribution in [0.3, 0.4) is 0 Å². The highest BCUT2D eigenvalue weighted by Gasteiger charge is 2.39. The van der Waals surface area contributed by atoms with Crippen molar-refractivity contribution in [2.75, 3.05) is 6.54 Å². The summed E-state index contributed by atoms with van der Waals surface area (Å²) in [5.74, 6) is 0.887. The van der Waals surface area contributed by atoms with E-state index in [0.29, 0.717) is 6.10 Å². The van der Waals surface area contributed by atoms with Crippen LogP contribution in [0.1, 0.15) is 72.6 Å². The molecule has 2 rings (SSSR count). The molecular formula is C16H31NO. The lowest BCUT2D eigenvalue weighted by Crippen LogP contribution is -2.52. The number of hydrogen-bond donors (Lipinski definition) is 1. The number of ether oxygens (including phenoxy) is 1. The fourth-order valence-corrected chi connectivity index (χ4v) is 2.89. The molecule has 0 heterocycles. The first-order chi connectivity index (χ1) is 8.39. The topological polar surface area (TPSA) is 21.3 Å². The minimum atomic E-state index is 0.130. The van der Waals surface area contributed by atoms with Crippen molar-refractivity contribution in [3.8, 4) is 0 Å². The lowest BCUT2D eigenvalue weighted by molar-refractivity contribution is -0.142. The van der Waals surface area contributed by atoms with Gasteiger partial charge in [0.1, 0.15) is 0 Å². The second-order valence-electron chi connectivity index (χ2n) is 7.64. The minimum Gasteiger partial charge on any atom is -0.370 e. The molecule has 2 aliphatic carbocycles. The number of nitrogens with one attached hydrogen (secondary N) is 1. The van der Waals surface area contributed by atoms with Crippen LogP contribution in [-0.4, -0.2) is 23.8 Å². The molecule has 0 atom stereocenters. The Kier molecular flexibility index (Phi) is 4.38. The first-order valence-corrected chi connectivity index (χ1v) is 7.81. The highest BCUT2D eigenvalue weighted by atomic mass is 16.5. The van der Waals surface area contributed by atoms with Crippen molar-refractivity contribution in [2.45, 2.75) is 89.9 Å². The highest BCUT2D eigenvalue weighted by molar-refractivity contribution is 4.92. The second-order valence-corrected chi connectivity index (χ2v) is 7.64. The maximum absolute atomic E-state index is 6.50. The van der Waals surface area contributed by atoms with Gasteiger partial charge in [-0.3, -0.25) is 0 Å². The fraction of sp³-hybridized carbons (Fsp3) is 1.00.